The van der Waals surface area contributed by atoms with Gasteiger partial charge in [-0.25, -0.2) is 4.98 Å². The molecule has 0 bridgehead atoms. The highest BCUT2D eigenvalue weighted by molar-refractivity contribution is 5.35. The monoisotopic (exact) mass is 273 g/mol. The lowest BCUT2D eigenvalue weighted by atomic mass is 10.1. The summed E-state index contributed by atoms with van der Waals surface area (Å²) in [6.45, 7) is 8.68. The second-order valence-electron chi connectivity index (χ2n) is 4.83. The molecule has 1 N–H and O–H groups in total. The van der Waals surface area contributed by atoms with Gasteiger partial charge in [-0.3, -0.25) is 0 Å². The van der Waals surface area contributed by atoms with E-state index in [0.717, 1.165) is 24.7 Å². The van der Waals surface area contributed by atoms with Gasteiger partial charge in [-0.15, -0.1) is 0 Å². The molecule has 0 fully saturated rings. The van der Waals surface area contributed by atoms with Gasteiger partial charge in [0.05, 0.1) is 6.54 Å². The zero-order valence-corrected chi connectivity index (χ0v) is 12.5. The Labute approximate surface area is 120 Å². The van der Waals surface area contributed by atoms with E-state index in [9.17, 15) is 0 Å². The lowest BCUT2D eigenvalue weighted by Gasteiger charge is -2.17. The van der Waals surface area contributed by atoms with Crippen LogP contribution in [0, 0.1) is 6.92 Å². The molecule has 4 heteroatoms. The van der Waals surface area contributed by atoms with Gasteiger partial charge < -0.3 is 14.6 Å². The second kappa shape index (κ2) is 7.10. The number of nitrogens with one attached hydrogen (secondary N) is 1. The molecule has 0 spiro atoms. The maximum Gasteiger partial charge on any atom is 0.124 e. The standard InChI is InChI=1S/C16H23N3O/c1-4-17-13(2)15-7-5-6-8-16(15)20-12-11-19-10-9-18-14(19)3/h5-10,13,17H,4,11-12H2,1-3H3. The number of imidazole rings is 1. The Kier molecular flexibility index (Phi) is 5.18. The van der Waals surface area contributed by atoms with Gasteiger partial charge in [0.25, 0.3) is 0 Å². The Morgan fingerprint density at radius 1 is 1.35 bits per heavy atom. The first-order chi connectivity index (χ1) is 9.72. The summed E-state index contributed by atoms with van der Waals surface area (Å²) >= 11 is 0. The summed E-state index contributed by atoms with van der Waals surface area (Å²) in [7, 11) is 0. The van der Waals surface area contributed by atoms with E-state index in [1.165, 1.54) is 5.56 Å². The van der Waals surface area contributed by atoms with Gasteiger partial charge in [0.1, 0.15) is 18.2 Å². The zero-order valence-electron chi connectivity index (χ0n) is 12.5. The van der Waals surface area contributed by atoms with Gasteiger partial charge in [0.15, 0.2) is 0 Å². The fraction of sp³-hybridized carbons (Fsp3) is 0.438. The molecule has 1 unspecified atom stereocenters. The maximum atomic E-state index is 5.94. The Balaban J connectivity index is 1.97. The van der Waals surface area contributed by atoms with Gasteiger partial charge in [0, 0.05) is 24.0 Å². The van der Waals surface area contributed by atoms with Gasteiger partial charge in [-0.2, -0.15) is 0 Å². The normalized spacial score (nSPS) is 12.3. The van der Waals surface area contributed by atoms with Crippen LogP contribution in [-0.4, -0.2) is 22.7 Å². The van der Waals surface area contributed by atoms with Crippen molar-refractivity contribution in [2.24, 2.45) is 0 Å². The number of hydrogen-bond acceptors (Lipinski definition) is 3. The van der Waals surface area contributed by atoms with Crippen LogP contribution in [0.1, 0.15) is 31.3 Å². The third-order valence-corrected chi connectivity index (χ3v) is 3.41. The summed E-state index contributed by atoms with van der Waals surface area (Å²) in [6.07, 6.45) is 3.79. The lowest BCUT2D eigenvalue weighted by molar-refractivity contribution is 0.291. The smallest absolute Gasteiger partial charge is 0.124 e. The van der Waals surface area contributed by atoms with Crippen molar-refractivity contribution >= 4 is 0 Å². The van der Waals surface area contributed by atoms with Crippen molar-refractivity contribution in [1.29, 1.82) is 0 Å². The number of hydrogen-bond donors (Lipinski definition) is 1. The molecule has 1 aromatic carbocycles. The number of rotatable bonds is 7. The molecule has 1 atom stereocenters. The molecule has 0 aliphatic carbocycles. The molecule has 2 aromatic rings. The molecule has 0 radical (unpaired) electrons. The van der Waals surface area contributed by atoms with Crippen LogP contribution in [0.5, 0.6) is 5.75 Å². The first-order valence-corrected chi connectivity index (χ1v) is 7.15. The van der Waals surface area contributed by atoms with Crippen molar-refractivity contribution in [2.75, 3.05) is 13.2 Å². The fourth-order valence-corrected chi connectivity index (χ4v) is 2.28. The van der Waals surface area contributed by atoms with Gasteiger partial charge in [0.2, 0.25) is 0 Å². The number of para-hydroxylation sites is 1. The molecular formula is C16H23N3O. The number of aryl methyl sites for hydroxylation is 1. The molecule has 0 saturated carbocycles. The van der Waals surface area contributed by atoms with E-state index in [4.69, 9.17) is 4.74 Å². The Hall–Kier alpha value is -1.81. The van der Waals surface area contributed by atoms with Crippen LogP contribution in [0.15, 0.2) is 36.7 Å². The molecule has 4 nitrogen and oxygen atoms in total. The number of nitrogens with zero attached hydrogens (tertiary/aromatic N) is 2. The molecule has 0 saturated heterocycles. The predicted molar refractivity (Wildman–Crippen MR) is 81.0 cm³/mol. The predicted octanol–water partition coefficient (Wildman–Crippen LogP) is 2.94. The molecule has 0 aliphatic rings. The van der Waals surface area contributed by atoms with E-state index in [1.807, 2.05) is 31.5 Å². The van der Waals surface area contributed by atoms with E-state index in [1.54, 1.807) is 0 Å². The first kappa shape index (κ1) is 14.6. The van der Waals surface area contributed by atoms with Gasteiger partial charge in [-0.1, -0.05) is 25.1 Å². The second-order valence-corrected chi connectivity index (χ2v) is 4.83. The highest BCUT2D eigenvalue weighted by Gasteiger charge is 2.10. The third kappa shape index (κ3) is 3.61. The van der Waals surface area contributed by atoms with E-state index in [2.05, 4.69) is 40.8 Å². The van der Waals surface area contributed by atoms with Crippen molar-refractivity contribution in [2.45, 2.75) is 33.4 Å². The lowest BCUT2D eigenvalue weighted by Crippen LogP contribution is -2.19. The van der Waals surface area contributed by atoms with Crippen LogP contribution in [-0.2, 0) is 6.54 Å². The van der Waals surface area contributed by atoms with Crippen molar-refractivity contribution < 1.29 is 4.74 Å². The van der Waals surface area contributed by atoms with Crippen LogP contribution in [0.25, 0.3) is 0 Å². The third-order valence-electron chi connectivity index (χ3n) is 3.41. The molecule has 1 aromatic heterocycles. The first-order valence-electron chi connectivity index (χ1n) is 7.15. The van der Waals surface area contributed by atoms with Crippen LogP contribution in [0.2, 0.25) is 0 Å². The minimum Gasteiger partial charge on any atom is -0.491 e. The molecule has 108 valence electrons. The summed E-state index contributed by atoms with van der Waals surface area (Å²) in [5, 5.41) is 3.42. The largest absolute Gasteiger partial charge is 0.491 e. The number of ether oxygens (including phenoxy) is 1. The zero-order chi connectivity index (χ0) is 14.4. The SMILES string of the molecule is CCNC(C)c1ccccc1OCCn1ccnc1C. The Bertz CT molecular complexity index is 536. The molecule has 1 heterocycles. The Morgan fingerprint density at radius 2 is 2.15 bits per heavy atom. The van der Waals surface area contributed by atoms with E-state index >= 15 is 0 Å². The van der Waals surface area contributed by atoms with Gasteiger partial charge in [-0.05, 0) is 26.5 Å². The average Bonchev–Trinajstić information content (AvgIpc) is 2.85. The topological polar surface area (TPSA) is 39.1 Å². The summed E-state index contributed by atoms with van der Waals surface area (Å²) < 4.78 is 8.04. The summed E-state index contributed by atoms with van der Waals surface area (Å²) in [5.41, 5.74) is 1.21. The summed E-state index contributed by atoms with van der Waals surface area (Å²) in [4.78, 5) is 4.21. The van der Waals surface area contributed by atoms with Crippen LogP contribution < -0.4 is 10.1 Å². The van der Waals surface area contributed by atoms with Crippen LogP contribution >= 0.6 is 0 Å². The summed E-state index contributed by atoms with van der Waals surface area (Å²) in [6, 6.07) is 8.51. The van der Waals surface area contributed by atoms with E-state index in [-0.39, 0.29) is 0 Å². The molecule has 0 amide bonds. The van der Waals surface area contributed by atoms with Crippen molar-refractivity contribution in [3.63, 3.8) is 0 Å². The highest BCUT2D eigenvalue weighted by atomic mass is 16.5. The summed E-state index contributed by atoms with van der Waals surface area (Å²) in [5.74, 6) is 1.97. The number of aromatic nitrogens is 2. The Morgan fingerprint density at radius 3 is 2.85 bits per heavy atom. The minimum atomic E-state index is 0.297. The van der Waals surface area contributed by atoms with E-state index < -0.39 is 0 Å². The minimum absolute atomic E-state index is 0.297. The average molecular weight is 273 g/mol. The van der Waals surface area contributed by atoms with Crippen LogP contribution in [0.4, 0.5) is 0 Å². The molecule has 0 aliphatic heterocycles. The molecule has 20 heavy (non-hydrogen) atoms. The van der Waals surface area contributed by atoms with Crippen molar-refractivity contribution in [1.82, 2.24) is 14.9 Å². The maximum absolute atomic E-state index is 5.94. The molecule has 2 rings (SSSR count). The quantitative estimate of drug-likeness (QED) is 0.843. The van der Waals surface area contributed by atoms with Crippen LogP contribution in [0.3, 0.4) is 0 Å². The highest BCUT2D eigenvalue weighted by Crippen LogP contribution is 2.24. The van der Waals surface area contributed by atoms with E-state index in [0.29, 0.717) is 12.6 Å². The van der Waals surface area contributed by atoms with Crippen molar-refractivity contribution in [3.8, 4) is 5.75 Å². The van der Waals surface area contributed by atoms with Crippen molar-refractivity contribution in [3.05, 3.63) is 48.0 Å². The number of benzene rings is 1. The fourth-order valence-electron chi connectivity index (χ4n) is 2.28. The molecular weight excluding hydrogens is 250 g/mol. The van der Waals surface area contributed by atoms with Gasteiger partial charge >= 0.3 is 0 Å².